The summed E-state index contributed by atoms with van der Waals surface area (Å²) in [5.41, 5.74) is 14.4. The average molecular weight is 693 g/mol. The van der Waals surface area contributed by atoms with Crippen molar-refractivity contribution >= 4 is 22.1 Å². The summed E-state index contributed by atoms with van der Waals surface area (Å²) in [6.07, 6.45) is 0. The molecule has 2 aliphatic rings. The summed E-state index contributed by atoms with van der Waals surface area (Å²) in [7, 11) is 0. The summed E-state index contributed by atoms with van der Waals surface area (Å²) < 4.78 is 6.84. The highest BCUT2D eigenvalue weighted by Gasteiger charge is 2.50. The van der Waals surface area contributed by atoms with Gasteiger partial charge in [-0.3, -0.25) is 0 Å². The van der Waals surface area contributed by atoms with Crippen molar-refractivity contribution in [2.75, 3.05) is 0 Å². The first-order chi connectivity index (χ1) is 26.3. The molecule has 1 nitrogen and oxygen atoms in total. The zero-order valence-corrected chi connectivity index (χ0v) is 29.6. The number of hydrogen-bond donors (Lipinski definition) is 0. The van der Waals surface area contributed by atoms with E-state index in [2.05, 4.69) is 194 Å². The monoisotopic (exact) mass is 692 g/mol. The van der Waals surface area contributed by atoms with Gasteiger partial charge in [-0.05, 0) is 91.2 Å². The first-order valence-corrected chi connectivity index (χ1v) is 19.0. The fourth-order valence-corrected chi connectivity index (χ4v) is 9.94. The molecule has 0 saturated heterocycles. The predicted octanol–water partition coefficient (Wildman–Crippen LogP) is 14.0. The molecule has 8 aromatic carbocycles. The van der Waals surface area contributed by atoms with Gasteiger partial charge < -0.3 is 4.74 Å². The third kappa shape index (κ3) is 4.49. The van der Waals surface area contributed by atoms with Crippen molar-refractivity contribution in [1.82, 2.24) is 0 Å². The summed E-state index contributed by atoms with van der Waals surface area (Å²) in [5, 5.41) is 2.51. The minimum absolute atomic E-state index is 0.457. The van der Waals surface area contributed by atoms with E-state index in [-0.39, 0.29) is 0 Å². The summed E-state index contributed by atoms with van der Waals surface area (Å²) in [6.45, 7) is 0. The summed E-state index contributed by atoms with van der Waals surface area (Å²) in [5.74, 6) is 1.82. The lowest BCUT2D eigenvalue weighted by Crippen LogP contribution is -2.32. The zero-order chi connectivity index (χ0) is 34.9. The number of fused-ring (bicyclic) bond motifs is 10. The third-order valence-electron chi connectivity index (χ3n) is 11.2. The molecule has 248 valence electrons. The van der Waals surface area contributed by atoms with E-state index in [9.17, 15) is 0 Å². The maximum absolute atomic E-state index is 6.84. The van der Waals surface area contributed by atoms with Gasteiger partial charge in [0.05, 0.1) is 5.41 Å². The summed E-state index contributed by atoms with van der Waals surface area (Å²) >= 11 is 1.84. The molecular formula is C51H32OS. The van der Waals surface area contributed by atoms with Crippen LogP contribution < -0.4 is 4.74 Å². The van der Waals surface area contributed by atoms with E-state index in [4.69, 9.17) is 4.74 Å². The number of ether oxygens (including phenoxy) is 1. The predicted molar refractivity (Wildman–Crippen MR) is 221 cm³/mol. The standard InChI is InChI=1S/C51H32OS/c1-2-13-33(14-3-1)35-25-27-39(38-20-12-16-34-15-4-5-17-37(34)38)42(31-35)50-30-29-49(53-50)36-26-28-46-48(32-36)52-47-24-11-10-23-45(47)51(46)43-21-8-6-18-40(43)41-19-7-9-22-44(41)51/h1-32H. The Labute approximate surface area is 313 Å². The van der Waals surface area contributed by atoms with Gasteiger partial charge in [0.1, 0.15) is 11.5 Å². The molecule has 0 amide bonds. The van der Waals surface area contributed by atoms with Gasteiger partial charge in [-0.1, -0.05) is 164 Å². The Morgan fingerprint density at radius 1 is 0.340 bits per heavy atom. The average Bonchev–Trinajstić information content (AvgIpc) is 3.84. The number of para-hydroxylation sites is 1. The highest BCUT2D eigenvalue weighted by Crippen LogP contribution is 2.62. The van der Waals surface area contributed by atoms with Crippen LogP contribution in [0.15, 0.2) is 194 Å². The molecule has 0 unspecified atom stereocenters. The largest absolute Gasteiger partial charge is 0.457 e. The van der Waals surface area contributed by atoms with Crippen molar-refractivity contribution in [1.29, 1.82) is 0 Å². The fourth-order valence-electron chi connectivity index (χ4n) is 8.91. The Morgan fingerprint density at radius 2 is 0.962 bits per heavy atom. The molecule has 11 rings (SSSR count). The van der Waals surface area contributed by atoms with Gasteiger partial charge in [0.15, 0.2) is 0 Å². The van der Waals surface area contributed by atoms with Gasteiger partial charge in [0, 0.05) is 26.4 Å². The van der Waals surface area contributed by atoms with Crippen molar-refractivity contribution in [3.05, 3.63) is 216 Å². The van der Waals surface area contributed by atoms with Crippen molar-refractivity contribution in [2.45, 2.75) is 5.41 Å². The second kappa shape index (κ2) is 11.8. The van der Waals surface area contributed by atoms with Crippen LogP contribution in [-0.2, 0) is 5.41 Å². The molecule has 2 heterocycles. The van der Waals surface area contributed by atoms with Crippen LogP contribution in [0.5, 0.6) is 11.5 Å². The van der Waals surface area contributed by atoms with Crippen molar-refractivity contribution in [3.8, 4) is 65.8 Å². The second-order valence-electron chi connectivity index (χ2n) is 14.0. The molecule has 0 bridgehead atoms. The normalized spacial score (nSPS) is 13.2. The molecule has 1 aromatic heterocycles. The Hall–Kier alpha value is -6.48. The smallest absolute Gasteiger partial charge is 0.132 e. The van der Waals surface area contributed by atoms with Gasteiger partial charge in [0.25, 0.3) is 0 Å². The lowest BCUT2D eigenvalue weighted by Gasteiger charge is -2.39. The van der Waals surface area contributed by atoms with E-state index in [0.717, 1.165) is 17.1 Å². The highest BCUT2D eigenvalue weighted by atomic mass is 32.1. The minimum Gasteiger partial charge on any atom is -0.457 e. The van der Waals surface area contributed by atoms with Crippen LogP contribution in [0.4, 0.5) is 0 Å². The Kier molecular flexibility index (Phi) is 6.71. The van der Waals surface area contributed by atoms with Crippen LogP contribution in [0.25, 0.3) is 65.0 Å². The van der Waals surface area contributed by atoms with E-state index in [1.165, 1.54) is 81.7 Å². The quantitative estimate of drug-likeness (QED) is 0.178. The Morgan fingerprint density at radius 3 is 1.79 bits per heavy atom. The fraction of sp³-hybridized carbons (Fsp3) is 0.0196. The molecule has 1 spiro atoms. The molecule has 53 heavy (non-hydrogen) atoms. The van der Waals surface area contributed by atoms with E-state index >= 15 is 0 Å². The van der Waals surface area contributed by atoms with Crippen LogP contribution in [-0.4, -0.2) is 0 Å². The molecule has 1 aliphatic heterocycles. The first kappa shape index (κ1) is 30.2. The van der Waals surface area contributed by atoms with Crippen LogP contribution in [0.3, 0.4) is 0 Å². The van der Waals surface area contributed by atoms with Gasteiger partial charge in [-0.25, -0.2) is 0 Å². The van der Waals surface area contributed by atoms with Gasteiger partial charge in [-0.2, -0.15) is 0 Å². The number of hydrogen-bond acceptors (Lipinski definition) is 2. The maximum Gasteiger partial charge on any atom is 0.132 e. The molecule has 0 saturated carbocycles. The topological polar surface area (TPSA) is 9.23 Å². The lowest BCUT2D eigenvalue weighted by molar-refractivity contribution is 0.436. The van der Waals surface area contributed by atoms with Crippen molar-refractivity contribution < 1.29 is 4.74 Å². The molecule has 0 atom stereocenters. The number of thiophene rings is 1. The number of rotatable bonds is 4. The molecule has 0 fully saturated rings. The van der Waals surface area contributed by atoms with Crippen molar-refractivity contribution in [2.24, 2.45) is 0 Å². The zero-order valence-electron chi connectivity index (χ0n) is 28.8. The molecule has 1 aliphatic carbocycles. The lowest BCUT2D eigenvalue weighted by atomic mass is 9.66. The maximum atomic E-state index is 6.84. The van der Waals surface area contributed by atoms with E-state index in [0.29, 0.717) is 0 Å². The Balaban J connectivity index is 1.07. The molecule has 0 N–H and O–H groups in total. The van der Waals surface area contributed by atoms with Gasteiger partial charge in [-0.15, -0.1) is 11.3 Å². The SMILES string of the molecule is c1ccc(-c2ccc(-c3cccc4ccccc34)c(-c3ccc(-c4ccc5c(c4)Oc4ccccc4C54c5ccccc5-c5ccccc54)s3)c2)cc1. The van der Waals surface area contributed by atoms with Gasteiger partial charge in [0.2, 0.25) is 0 Å². The summed E-state index contributed by atoms with van der Waals surface area (Å²) in [4.78, 5) is 2.44. The molecular weight excluding hydrogens is 661 g/mol. The number of benzene rings is 8. The van der Waals surface area contributed by atoms with E-state index < -0.39 is 5.41 Å². The van der Waals surface area contributed by atoms with Gasteiger partial charge >= 0.3 is 0 Å². The highest BCUT2D eigenvalue weighted by molar-refractivity contribution is 7.18. The molecule has 9 aromatic rings. The third-order valence-corrected chi connectivity index (χ3v) is 12.4. The van der Waals surface area contributed by atoms with E-state index in [1.807, 2.05) is 11.3 Å². The molecule has 2 heteroatoms. The minimum atomic E-state index is -0.457. The Bertz CT molecular complexity index is 2830. The van der Waals surface area contributed by atoms with Crippen molar-refractivity contribution in [3.63, 3.8) is 0 Å². The summed E-state index contributed by atoms with van der Waals surface area (Å²) in [6, 6.07) is 70.7. The first-order valence-electron chi connectivity index (χ1n) is 18.2. The van der Waals surface area contributed by atoms with Crippen LogP contribution in [0, 0.1) is 0 Å². The second-order valence-corrected chi connectivity index (χ2v) is 15.1. The molecule has 0 radical (unpaired) electrons. The van der Waals surface area contributed by atoms with E-state index in [1.54, 1.807) is 0 Å². The van der Waals surface area contributed by atoms with Crippen LogP contribution in [0.2, 0.25) is 0 Å². The van der Waals surface area contributed by atoms with Crippen LogP contribution >= 0.6 is 11.3 Å². The van der Waals surface area contributed by atoms with Crippen LogP contribution in [0.1, 0.15) is 22.3 Å².